The first kappa shape index (κ1) is 16.4. The summed E-state index contributed by atoms with van der Waals surface area (Å²) in [6.45, 7) is 5.78. The Bertz CT molecular complexity index is 671. The van der Waals surface area contributed by atoms with Gasteiger partial charge in [0, 0.05) is 11.9 Å². The third-order valence-corrected chi connectivity index (χ3v) is 4.19. The van der Waals surface area contributed by atoms with E-state index in [0.29, 0.717) is 40.9 Å². The summed E-state index contributed by atoms with van der Waals surface area (Å²) in [4.78, 5) is 12.5. The van der Waals surface area contributed by atoms with Gasteiger partial charge in [0.1, 0.15) is 17.1 Å². The molecule has 0 aliphatic carbocycles. The van der Waals surface area contributed by atoms with Gasteiger partial charge in [-0.2, -0.15) is 0 Å². The molecule has 2 rings (SSSR count). The second-order valence-electron chi connectivity index (χ2n) is 5.51. The average Bonchev–Trinajstić information content (AvgIpc) is 2.87. The molecule has 1 heterocycles. The summed E-state index contributed by atoms with van der Waals surface area (Å²) >= 11 is 0. The smallest absolute Gasteiger partial charge is 0.255 e. The van der Waals surface area contributed by atoms with Crippen molar-refractivity contribution in [2.45, 2.75) is 39.2 Å². The third-order valence-electron chi connectivity index (χ3n) is 4.19. The Hall–Kier alpha value is -2.01. The highest BCUT2D eigenvalue weighted by atomic mass is 16.5. The number of benzene rings is 1. The Kier molecular flexibility index (Phi) is 4.76. The molecule has 2 aromatic rings. The first-order chi connectivity index (χ1) is 10.4. The van der Waals surface area contributed by atoms with Crippen LogP contribution in [-0.4, -0.2) is 30.3 Å². The molecular weight excluding hydrogens is 282 g/mol. The van der Waals surface area contributed by atoms with Gasteiger partial charge in [0.05, 0.1) is 18.3 Å². The summed E-state index contributed by atoms with van der Waals surface area (Å²) in [5.74, 6) is 0.975. The van der Waals surface area contributed by atoms with E-state index in [-0.39, 0.29) is 12.5 Å². The molecule has 0 saturated carbocycles. The molecule has 1 amide bonds. The summed E-state index contributed by atoms with van der Waals surface area (Å²) < 4.78 is 10.8. The number of methoxy groups -OCH3 is 1. The van der Waals surface area contributed by atoms with Crippen molar-refractivity contribution < 1.29 is 19.1 Å². The number of nitrogens with one attached hydrogen (secondary N) is 1. The van der Waals surface area contributed by atoms with Gasteiger partial charge in [0.2, 0.25) is 0 Å². The van der Waals surface area contributed by atoms with E-state index in [1.165, 1.54) is 0 Å². The lowest BCUT2D eigenvalue weighted by Crippen LogP contribution is -2.42. The number of ether oxygens (including phenoxy) is 1. The molecule has 0 aliphatic heterocycles. The van der Waals surface area contributed by atoms with Gasteiger partial charge in [-0.1, -0.05) is 13.8 Å². The van der Waals surface area contributed by atoms with E-state index in [0.717, 1.165) is 0 Å². The van der Waals surface area contributed by atoms with Crippen molar-refractivity contribution in [2.75, 3.05) is 13.7 Å². The number of aliphatic hydroxyl groups is 1. The first-order valence-corrected chi connectivity index (χ1v) is 7.51. The van der Waals surface area contributed by atoms with Crippen molar-refractivity contribution >= 4 is 16.9 Å². The first-order valence-electron chi connectivity index (χ1n) is 7.51. The molecular formula is C17H23NO4. The molecule has 1 aromatic carbocycles. The summed E-state index contributed by atoms with van der Waals surface area (Å²) in [7, 11) is 1.58. The van der Waals surface area contributed by atoms with Crippen molar-refractivity contribution in [3.63, 3.8) is 0 Å². The Morgan fingerprint density at radius 1 is 1.36 bits per heavy atom. The maximum atomic E-state index is 12.5. The van der Waals surface area contributed by atoms with Crippen LogP contribution in [0.1, 0.15) is 42.8 Å². The summed E-state index contributed by atoms with van der Waals surface area (Å²) in [5.41, 5.74) is 0.258. The van der Waals surface area contributed by atoms with Crippen LogP contribution >= 0.6 is 0 Å². The second-order valence-corrected chi connectivity index (χ2v) is 5.51. The van der Waals surface area contributed by atoms with Crippen LogP contribution in [0.15, 0.2) is 22.6 Å². The van der Waals surface area contributed by atoms with Crippen molar-refractivity contribution in [2.24, 2.45) is 0 Å². The number of rotatable bonds is 6. The number of carbonyl (C=O) groups excluding carboxylic acids is 1. The lowest BCUT2D eigenvalue weighted by atomic mass is 9.97. The molecule has 0 bridgehead atoms. The largest absolute Gasteiger partial charge is 0.497 e. The molecule has 0 fully saturated rings. The standard InChI is InChI=1S/C17H23NO4/c1-5-17(20,6-2)10-18-16(19)15-11(3)22-14-8-7-12(21-4)9-13(14)15/h7-9,20H,5-6,10H2,1-4H3,(H,18,19). The predicted octanol–water partition coefficient (Wildman–Crippen LogP) is 3.03. The minimum absolute atomic E-state index is 0.217. The Morgan fingerprint density at radius 3 is 2.64 bits per heavy atom. The number of hydrogen-bond acceptors (Lipinski definition) is 4. The molecule has 5 heteroatoms. The highest BCUT2D eigenvalue weighted by molar-refractivity contribution is 6.07. The molecule has 22 heavy (non-hydrogen) atoms. The van der Waals surface area contributed by atoms with E-state index in [1.807, 2.05) is 13.8 Å². The van der Waals surface area contributed by atoms with Crippen molar-refractivity contribution in [1.29, 1.82) is 0 Å². The molecule has 0 unspecified atom stereocenters. The molecule has 120 valence electrons. The van der Waals surface area contributed by atoms with Crippen LogP contribution in [0.25, 0.3) is 11.0 Å². The number of fused-ring (bicyclic) bond motifs is 1. The molecule has 0 atom stereocenters. The van der Waals surface area contributed by atoms with Crippen LogP contribution in [-0.2, 0) is 0 Å². The fourth-order valence-corrected chi connectivity index (χ4v) is 2.44. The van der Waals surface area contributed by atoms with E-state index in [1.54, 1.807) is 32.2 Å². The van der Waals surface area contributed by atoms with Crippen LogP contribution in [0.4, 0.5) is 0 Å². The van der Waals surface area contributed by atoms with Crippen LogP contribution in [0.2, 0.25) is 0 Å². The quantitative estimate of drug-likeness (QED) is 0.860. The normalized spacial score (nSPS) is 11.7. The Labute approximate surface area is 130 Å². The number of amides is 1. The topological polar surface area (TPSA) is 71.7 Å². The van der Waals surface area contributed by atoms with Gasteiger partial charge in [0.15, 0.2) is 0 Å². The van der Waals surface area contributed by atoms with E-state index >= 15 is 0 Å². The zero-order valence-electron chi connectivity index (χ0n) is 13.5. The van der Waals surface area contributed by atoms with Crippen LogP contribution in [0.5, 0.6) is 5.75 Å². The molecule has 1 aromatic heterocycles. The SMILES string of the molecule is CCC(O)(CC)CNC(=O)c1c(C)oc2ccc(OC)cc12. The summed E-state index contributed by atoms with van der Waals surface area (Å²) in [6, 6.07) is 5.36. The zero-order valence-corrected chi connectivity index (χ0v) is 13.5. The molecule has 5 nitrogen and oxygen atoms in total. The molecule has 2 N–H and O–H groups in total. The van der Waals surface area contributed by atoms with Crippen molar-refractivity contribution in [3.8, 4) is 5.75 Å². The van der Waals surface area contributed by atoms with Crippen LogP contribution in [0, 0.1) is 6.92 Å². The summed E-state index contributed by atoms with van der Waals surface area (Å²) in [5, 5.41) is 13.8. The Morgan fingerprint density at radius 2 is 2.05 bits per heavy atom. The average molecular weight is 305 g/mol. The molecule has 0 saturated heterocycles. The van der Waals surface area contributed by atoms with E-state index < -0.39 is 5.60 Å². The molecule has 0 radical (unpaired) electrons. The Balaban J connectivity index is 2.29. The van der Waals surface area contributed by atoms with Gasteiger partial charge in [-0.25, -0.2) is 0 Å². The minimum Gasteiger partial charge on any atom is -0.497 e. The second kappa shape index (κ2) is 6.40. The van der Waals surface area contributed by atoms with E-state index in [2.05, 4.69) is 5.32 Å². The van der Waals surface area contributed by atoms with Crippen molar-refractivity contribution in [3.05, 3.63) is 29.5 Å². The zero-order chi connectivity index (χ0) is 16.3. The highest BCUT2D eigenvalue weighted by Crippen LogP contribution is 2.29. The third kappa shape index (κ3) is 3.09. The van der Waals surface area contributed by atoms with E-state index in [9.17, 15) is 9.90 Å². The minimum atomic E-state index is -0.874. The van der Waals surface area contributed by atoms with Gasteiger partial charge in [-0.05, 0) is 38.0 Å². The number of hydrogen-bond donors (Lipinski definition) is 2. The van der Waals surface area contributed by atoms with Crippen LogP contribution < -0.4 is 10.1 Å². The molecule has 0 aliphatic rings. The summed E-state index contributed by atoms with van der Waals surface area (Å²) in [6.07, 6.45) is 1.17. The fraction of sp³-hybridized carbons (Fsp3) is 0.471. The van der Waals surface area contributed by atoms with Crippen molar-refractivity contribution in [1.82, 2.24) is 5.32 Å². The van der Waals surface area contributed by atoms with E-state index in [4.69, 9.17) is 9.15 Å². The van der Waals surface area contributed by atoms with Gasteiger partial charge in [-0.3, -0.25) is 4.79 Å². The van der Waals surface area contributed by atoms with Gasteiger partial charge in [0.25, 0.3) is 5.91 Å². The number of aryl methyl sites for hydroxylation is 1. The van der Waals surface area contributed by atoms with Gasteiger partial charge < -0.3 is 19.6 Å². The van der Waals surface area contributed by atoms with Gasteiger partial charge in [-0.15, -0.1) is 0 Å². The lowest BCUT2D eigenvalue weighted by Gasteiger charge is -2.25. The molecule has 0 spiro atoms. The maximum absolute atomic E-state index is 12.5. The lowest BCUT2D eigenvalue weighted by molar-refractivity contribution is 0.0314. The predicted molar refractivity (Wildman–Crippen MR) is 85.4 cm³/mol. The van der Waals surface area contributed by atoms with Crippen LogP contribution in [0.3, 0.4) is 0 Å². The van der Waals surface area contributed by atoms with Gasteiger partial charge >= 0.3 is 0 Å². The number of furan rings is 1. The highest BCUT2D eigenvalue weighted by Gasteiger charge is 2.25. The fourth-order valence-electron chi connectivity index (χ4n) is 2.44. The monoisotopic (exact) mass is 305 g/mol. The maximum Gasteiger partial charge on any atom is 0.255 e. The number of carbonyl (C=O) groups is 1.